The SMILES string of the molecule is O=C(Nc1ccc([N+](=O)[O-])cc1)N1CCCC1c1cccnc1. The Hall–Kier alpha value is -2.96. The van der Waals surface area contributed by atoms with Crippen LogP contribution in [0.25, 0.3) is 0 Å². The average Bonchev–Trinajstić information content (AvgIpc) is 3.06. The molecule has 1 fully saturated rings. The van der Waals surface area contributed by atoms with Gasteiger partial charge in [-0.25, -0.2) is 4.79 Å². The Morgan fingerprint density at radius 2 is 2.09 bits per heavy atom. The van der Waals surface area contributed by atoms with Gasteiger partial charge in [-0.1, -0.05) is 6.07 Å². The molecule has 0 radical (unpaired) electrons. The van der Waals surface area contributed by atoms with E-state index in [4.69, 9.17) is 0 Å². The van der Waals surface area contributed by atoms with Crippen molar-refractivity contribution < 1.29 is 9.72 Å². The van der Waals surface area contributed by atoms with E-state index in [1.165, 1.54) is 24.3 Å². The normalized spacial score (nSPS) is 17.0. The fourth-order valence-electron chi connectivity index (χ4n) is 2.79. The number of amides is 2. The monoisotopic (exact) mass is 312 g/mol. The van der Waals surface area contributed by atoms with Crippen LogP contribution in [0.15, 0.2) is 48.8 Å². The van der Waals surface area contributed by atoms with Crippen LogP contribution in [0.1, 0.15) is 24.4 Å². The molecule has 1 atom stereocenters. The maximum Gasteiger partial charge on any atom is 0.322 e. The summed E-state index contributed by atoms with van der Waals surface area (Å²) >= 11 is 0. The number of nitro benzene ring substituents is 1. The van der Waals surface area contributed by atoms with E-state index in [-0.39, 0.29) is 17.8 Å². The first-order valence-corrected chi connectivity index (χ1v) is 7.37. The number of pyridine rings is 1. The number of rotatable bonds is 3. The summed E-state index contributed by atoms with van der Waals surface area (Å²) in [5.41, 5.74) is 1.55. The Morgan fingerprint density at radius 1 is 1.30 bits per heavy atom. The van der Waals surface area contributed by atoms with E-state index in [2.05, 4.69) is 10.3 Å². The van der Waals surface area contributed by atoms with E-state index in [9.17, 15) is 14.9 Å². The molecule has 1 aliphatic rings. The van der Waals surface area contributed by atoms with Gasteiger partial charge in [-0.15, -0.1) is 0 Å². The highest BCUT2D eigenvalue weighted by Crippen LogP contribution is 2.31. The van der Waals surface area contributed by atoms with Gasteiger partial charge < -0.3 is 10.2 Å². The summed E-state index contributed by atoms with van der Waals surface area (Å²) in [6, 6.07) is 9.45. The molecular formula is C16H16N4O3. The van der Waals surface area contributed by atoms with Crippen LogP contribution >= 0.6 is 0 Å². The van der Waals surface area contributed by atoms with Gasteiger partial charge in [0.2, 0.25) is 0 Å². The molecule has 2 heterocycles. The van der Waals surface area contributed by atoms with Crippen LogP contribution in [-0.4, -0.2) is 27.4 Å². The third-order valence-corrected chi connectivity index (χ3v) is 3.91. The summed E-state index contributed by atoms with van der Waals surface area (Å²) in [6.07, 6.45) is 5.33. The minimum absolute atomic E-state index is 0.00240. The van der Waals surface area contributed by atoms with E-state index in [1.54, 1.807) is 17.3 Å². The van der Waals surface area contributed by atoms with Crippen molar-refractivity contribution in [1.82, 2.24) is 9.88 Å². The Morgan fingerprint density at radius 3 is 2.74 bits per heavy atom. The lowest BCUT2D eigenvalue weighted by atomic mass is 10.1. The average molecular weight is 312 g/mol. The number of hydrogen-bond acceptors (Lipinski definition) is 4. The van der Waals surface area contributed by atoms with Crippen molar-refractivity contribution >= 4 is 17.4 Å². The molecule has 1 aliphatic heterocycles. The maximum atomic E-state index is 12.5. The Labute approximate surface area is 133 Å². The molecule has 1 N–H and O–H groups in total. The van der Waals surface area contributed by atoms with Crippen molar-refractivity contribution in [3.8, 4) is 0 Å². The predicted octanol–water partition coefficient (Wildman–Crippen LogP) is 3.36. The number of nitrogens with one attached hydrogen (secondary N) is 1. The molecular weight excluding hydrogens is 296 g/mol. The van der Waals surface area contributed by atoms with Crippen molar-refractivity contribution in [2.75, 3.05) is 11.9 Å². The maximum absolute atomic E-state index is 12.5. The minimum Gasteiger partial charge on any atom is -0.317 e. The number of nitro groups is 1. The molecule has 118 valence electrons. The lowest BCUT2D eigenvalue weighted by Gasteiger charge is -2.25. The van der Waals surface area contributed by atoms with Crippen LogP contribution in [0.4, 0.5) is 16.2 Å². The molecule has 1 aromatic carbocycles. The molecule has 2 amide bonds. The summed E-state index contributed by atoms with van der Waals surface area (Å²) in [7, 11) is 0. The summed E-state index contributed by atoms with van der Waals surface area (Å²) in [4.78, 5) is 28.5. The first-order valence-electron chi connectivity index (χ1n) is 7.37. The predicted molar refractivity (Wildman–Crippen MR) is 85.0 cm³/mol. The van der Waals surface area contributed by atoms with Crippen LogP contribution in [0.5, 0.6) is 0 Å². The van der Waals surface area contributed by atoms with Crippen LogP contribution < -0.4 is 5.32 Å². The van der Waals surface area contributed by atoms with Crippen LogP contribution in [0, 0.1) is 10.1 Å². The van der Waals surface area contributed by atoms with Gasteiger partial charge in [0.05, 0.1) is 11.0 Å². The number of nitrogens with zero attached hydrogens (tertiary/aromatic N) is 3. The number of hydrogen-bond donors (Lipinski definition) is 1. The second-order valence-electron chi connectivity index (χ2n) is 5.37. The molecule has 0 spiro atoms. The molecule has 7 heteroatoms. The largest absolute Gasteiger partial charge is 0.322 e. The molecule has 3 rings (SSSR count). The van der Waals surface area contributed by atoms with E-state index in [0.717, 1.165) is 18.4 Å². The zero-order valence-corrected chi connectivity index (χ0v) is 12.4. The second kappa shape index (κ2) is 6.43. The lowest BCUT2D eigenvalue weighted by Crippen LogP contribution is -2.34. The standard InChI is InChI=1S/C16H16N4O3/c21-16(18-13-5-7-14(8-6-13)20(22)23)19-10-2-4-15(19)12-3-1-9-17-11-12/h1,3,5-9,11,15H,2,4,10H2,(H,18,21). The van der Waals surface area contributed by atoms with Crippen LogP contribution in [0.2, 0.25) is 0 Å². The van der Waals surface area contributed by atoms with Gasteiger partial charge in [0.15, 0.2) is 0 Å². The number of carbonyl (C=O) groups is 1. The highest BCUT2D eigenvalue weighted by molar-refractivity contribution is 5.89. The number of anilines is 1. The zero-order chi connectivity index (χ0) is 16.2. The second-order valence-corrected chi connectivity index (χ2v) is 5.37. The van der Waals surface area contributed by atoms with Crippen LogP contribution in [0.3, 0.4) is 0 Å². The third-order valence-electron chi connectivity index (χ3n) is 3.91. The van der Waals surface area contributed by atoms with Crippen molar-refractivity contribution in [2.45, 2.75) is 18.9 Å². The molecule has 2 aromatic rings. The van der Waals surface area contributed by atoms with E-state index >= 15 is 0 Å². The zero-order valence-electron chi connectivity index (χ0n) is 12.4. The molecule has 1 aromatic heterocycles. The molecule has 0 aliphatic carbocycles. The highest BCUT2D eigenvalue weighted by Gasteiger charge is 2.30. The summed E-state index contributed by atoms with van der Waals surface area (Å²) in [5.74, 6) is 0. The lowest BCUT2D eigenvalue weighted by molar-refractivity contribution is -0.384. The molecule has 7 nitrogen and oxygen atoms in total. The van der Waals surface area contributed by atoms with Gasteiger partial charge >= 0.3 is 6.03 Å². The Bertz CT molecular complexity index is 703. The summed E-state index contributed by atoms with van der Waals surface area (Å²) in [6.45, 7) is 0.679. The Balaban J connectivity index is 1.71. The van der Waals surface area contributed by atoms with E-state index in [1.807, 2.05) is 12.1 Å². The number of likely N-dealkylation sites (tertiary alicyclic amines) is 1. The van der Waals surface area contributed by atoms with Crippen molar-refractivity contribution in [3.05, 3.63) is 64.5 Å². The Kier molecular flexibility index (Phi) is 4.18. The van der Waals surface area contributed by atoms with E-state index in [0.29, 0.717) is 12.2 Å². The van der Waals surface area contributed by atoms with Gasteiger partial charge in [-0.05, 0) is 36.6 Å². The van der Waals surface area contributed by atoms with Gasteiger partial charge in [0, 0.05) is 36.8 Å². The van der Waals surface area contributed by atoms with Gasteiger partial charge in [-0.3, -0.25) is 15.1 Å². The fraction of sp³-hybridized carbons (Fsp3) is 0.250. The number of aromatic nitrogens is 1. The molecule has 1 saturated heterocycles. The summed E-state index contributed by atoms with van der Waals surface area (Å²) in [5, 5.41) is 13.4. The van der Waals surface area contributed by atoms with Gasteiger partial charge in [-0.2, -0.15) is 0 Å². The van der Waals surface area contributed by atoms with Crippen molar-refractivity contribution in [1.29, 1.82) is 0 Å². The summed E-state index contributed by atoms with van der Waals surface area (Å²) < 4.78 is 0. The molecule has 23 heavy (non-hydrogen) atoms. The highest BCUT2D eigenvalue weighted by atomic mass is 16.6. The number of benzene rings is 1. The topological polar surface area (TPSA) is 88.4 Å². The number of non-ortho nitro benzene ring substituents is 1. The molecule has 1 unspecified atom stereocenters. The first-order chi connectivity index (χ1) is 11.1. The van der Waals surface area contributed by atoms with Gasteiger partial charge in [0.1, 0.15) is 0 Å². The number of urea groups is 1. The quantitative estimate of drug-likeness (QED) is 0.695. The van der Waals surface area contributed by atoms with E-state index < -0.39 is 4.92 Å². The first kappa shape index (κ1) is 15.0. The fourth-order valence-corrected chi connectivity index (χ4v) is 2.79. The van der Waals surface area contributed by atoms with Crippen molar-refractivity contribution in [2.24, 2.45) is 0 Å². The smallest absolute Gasteiger partial charge is 0.317 e. The van der Waals surface area contributed by atoms with Crippen LogP contribution in [-0.2, 0) is 0 Å². The van der Waals surface area contributed by atoms with Gasteiger partial charge in [0.25, 0.3) is 5.69 Å². The third kappa shape index (κ3) is 3.28. The number of carbonyl (C=O) groups excluding carboxylic acids is 1. The minimum atomic E-state index is -0.468. The molecule has 0 saturated carbocycles. The molecule has 0 bridgehead atoms. The van der Waals surface area contributed by atoms with Crippen molar-refractivity contribution in [3.63, 3.8) is 0 Å².